The van der Waals surface area contributed by atoms with Gasteiger partial charge in [0.1, 0.15) is 17.3 Å². The lowest BCUT2D eigenvalue weighted by atomic mass is 10.1. The summed E-state index contributed by atoms with van der Waals surface area (Å²) in [6, 6.07) is 13.9. The van der Waals surface area contributed by atoms with Crippen LogP contribution in [0.25, 0.3) is 0 Å². The lowest BCUT2D eigenvalue weighted by Crippen LogP contribution is -2.23. The second-order valence-electron chi connectivity index (χ2n) is 6.72. The van der Waals surface area contributed by atoms with E-state index in [1.54, 1.807) is 0 Å². The van der Waals surface area contributed by atoms with Crippen molar-refractivity contribution in [2.75, 3.05) is 13.4 Å². The van der Waals surface area contributed by atoms with Gasteiger partial charge in [-0.15, -0.1) is 0 Å². The molecule has 0 aliphatic carbocycles. The third-order valence-corrected chi connectivity index (χ3v) is 4.54. The molecule has 2 aromatic heterocycles. The molecule has 146 valence electrons. The minimum absolute atomic E-state index is 0.244. The van der Waals surface area contributed by atoms with Crippen molar-refractivity contribution in [3.8, 4) is 17.2 Å². The molecule has 0 atom stereocenters. The highest BCUT2D eigenvalue weighted by molar-refractivity contribution is 5.51. The molecule has 0 fully saturated rings. The average molecular weight is 380 g/mol. The zero-order valence-corrected chi connectivity index (χ0v) is 16.2. The number of hydrogen-bond donors (Lipinski definition) is 0. The van der Waals surface area contributed by atoms with Gasteiger partial charge in [0.2, 0.25) is 6.79 Å². The standard InChI is InChI=1S/C22H24N2O4/c1-3-25-20-11-22-21(26-15-27-22)10-17(20)12-24(13-18-6-4-5-9-23-18)14-19-8-7-16(2)28-19/h4-11H,3,12-15H2,1-2H3. The largest absolute Gasteiger partial charge is 0.493 e. The number of benzene rings is 1. The Kier molecular flexibility index (Phi) is 5.48. The molecular formula is C22H24N2O4. The maximum Gasteiger partial charge on any atom is 0.231 e. The van der Waals surface area contributed by atoms with E-state index in [4.69, 9.17) is 18.6 Å². The lowest BCUT2D eigenvalue weighted by molar-refractivity contribution is 0.173. The highest BCUT2D eigenvalue weighted by Gasteiger charge is 2.20. The third kappa shape index (κ3) is 4.28. The molecule has 3 heterocycles. The molecule has 0 saturated heterocycles. The van der Waals surface area contributed by atoms with Gasteiger partial charge in [0, 0.05) is 30.9 Å². The average Bonchev–Trinajstić information content (AvgIpc) is 3.31. The Morgan fingerprint density at radius 2 is 1.89 bits per heavy atom. The Hall–Kier alpha value is -2.99. The van der Waals surface area contributed by atoms with E-state index in [9.17, 15) is 0 Å². The van der Waals surface area contributed by atoms with E-state index in [2.05, 4.69) is 9.88 Å². The van der Waals surface area contributed by atoms with Crippen LogP contribution in [0, 0.1) is 6.92 Å². The molecule has 0 N–H and O–H groups in total. The third-order valence-electron chi connectivity index (χ3n) is 4.54. The molecule has 0 radical (unpaired) electrons. The van der Waals surface area contributed by atoms with E-state index in [-0.39, 0.29) is 6.79 Å². The van der Waals surface area contributed by atoms with Gasteiger partial charge in [0.15, 0.2) is 11.5 Å². The summed E-state index contributed by atoms with van der Waals surface area (Å²) in [5.74, 6) is 4.13. The summed E-state index contributed by atoms with van der Waals surface area (Å²) < 4.78 is 22.7. The minimum Gasteiger partial charge on any atom is -0.493 e. The number of fused-ring (bicyclic) bond motifs is 1. The molecule has 6 nitrogen and oxygen atoms in total. The van der Waals surface area contributed by atoms with E-state index in [0.29, 0.717) is 26.2 Å². The van der Waals surface area contributed by atoms with E-state index >= 15 is 0 Å². The molecule has 0 unspecified atom stereocenters. The van der Waals surface area contributed by atoms with Crippen LogP contribution in [0.4, 0.5) is 0 Å². The molecule has 1 aromatic carbocycles. The van der Waals surface area contributed by atoms with Gasteiger partial charge in [0.05, 0.1) is 18.8 Å². The quantitative estimate of drug-likeness (QED) is 0.580. The molecule has 0 bridgehead atoms. The molecule has 6 heteroatoms. The Balaban J connectivity index is 1.61. The summed E-state index contributed by atoms with van der Waals surface area (Å²) in [4.78, 5) is 6.75. The lowest BCUT2D eigenvalue weighted by Gasteiger charge is -2.22. The summed E-state index contributed by atoms with van der Waals surface area (Å²) in [6.45, 7) is 6.80. The predicted molar refractivity (Wildman–Crippen MR) is 104 cm³/mol. The first-order valence-corrected chi connectivity index (χ1v) is 9.44. The minimum atomic E-state index is 0.244. The van der Waals surface area contributed by atoms with Gasteiger partial charge in [-0.05, 0) is 44.2 Å². The van der Waals surface area contributed by atoms with Gasteiger partial charge in [-0.25, -0.2) is 0 Å². The van der Waals surface area contributed by atoms with Gasteiger partial charge < -0.3 is 18.6 Å². The fourth-order valence-electron chi connectivity index (χ4n) is 3.30. The van der Waals surface area contributed by atoms with Crippen LogP contribution in [-0.4, -0.2) is 23.3 Å². The summed E-state index contributed by atoms with van der Waals surface area (Å²) in [6.07, 6.45) is 1.82. The Morgan fingerprint density at radius 1 is 1.04 bits per heavy atom. The highest BCUT2D eigenvalue weighted by atomic mass is 16.7. The number of ether oxygens (including phenoxy) is 3. The van der Waals surface area contributed by atoms with Crippen molar-refractivity contribution in [2.45, 2.75) is 33.5 Å². The van der Waals surface area contributed by atoms with Crippen LogP contribution in [0.5, 0.6) is 17.2 Å². The number of hydrogen-bond acceptors (Lipinski definition) is 6. The molecule has 0 spiro atoms. The second-order valence-corrected chi connectivity index (χ2v) is 6.72. The van der Waals surface area contributed by atoms with Crippen LogP contribution >= 0.6 is 0 Å². The van der Waals surface area contributed by atoms with Crippen LogP contribution < -0.4 is 14.2 Å². The fraction of sp³-hybridized carbons (Fsp3) is 0.318. The topological polar surface area (TPSA) is 57.0 Å². The summed E-state index contributed by atoms with van der Waals surface area (Å²) in [5, 5.41) is 0. The van der Waals surface area contributed by atoms with Crippen molar-refractivity contribution in [2.24, 2.45) is 0 Å². The molecule has 28 heavy (non-hydrogen) atoms. The van der Waals surface area contributed by atoms with E-state index < -0.39 is 0 Å². The van der Waals surface area contributed by atoms with Gasteiger partial charge in [-0.2, -0.15) is 0 Å². The summed E-state index contributed by atoms with van der Waals surface area (Å²) in [5.41, 5.74) is 2.05. The molecule has 1 aliphatic heterocycles. The van der Waals surface area contributed by atoms with Crippen molar-refractivity contribution < 1.29 is 18.6 Å². The Labute approximate surface area is 164 Å². The van der Waals surface area contributed by atoms with Crippen LogP contribution in [0.2, 0.25) is 0 Å². The fourth-order valence-corrected chi connectivity index (χ4v) is 3.30. The van der Waals surface area contributed by atoms with Gasteiger partial charge in [-0.3, -0.25) is 9.88 Å². The van der Waals surface area contributed by atoms with Crippen LogP contribution in [0.3, 0.4) is 0 Å². The first-order valence-electron chi connectivity index (χ1n) is 9.44. The van der Waals surface area contributed by atoms with E-state index in [1.807, 2.05) is 62.5 Å². The van der Waals surface area contributed by atoms with Gasteiger partial charge in [0.25, 0.3) is 0 Å². The first-order chi connectivity index (χ1) is 13.7. The van der Waals surface area contributed by atoms with Crippen molar-refractivity contribution in [3.05, 3.63) is 71.4 Å². The number of furan rings is 1. The highest BCUT2D eigenvalue weighted by Crippen LogP contribution is 2.39. The normalized spacial score (nSPS) is 12.5. The predicted octanol–water partition coefficient (Wildman–Crippen LogP) is 4.31. The maximum atomic E-state index is 5.87. The Morgan fingerprint density at radius 3 is 2.61 bits per heavy atom. The zero-order chi connectivity index (χ0) is 19.3. The number of pyridine rings is 1. The zero-order valence-electron chi connectivity index (χ0n) is 16.2. The Bertz CT molecular complexity index is 924. The van der Waals surface area contributed by atoms with Crippen LogP contribution in [-0.2, 0) is 19.6 Å². The molecule has 0 amide bonds. The molecule has 4 rings (SSSR count). The molecule has 3 aromatic rings. The number of rotatable bonds is 8. The number of aromatic nitrogens is 1. The van der Waals surface area contributed by atoms with Crippen molar-refractivity contribution in [3.63, 3.8) is 0 Å². The second kappa shape index (κ2) is 8.35. The number of aryl methyl sites for hydroxylation is 1. The van der Waals surface area contributed by atoms with Crippen molar-refractivity contribution in [1.82, 2.24) is 9.88 Å². The van der Waals surface area contributed by atoms with E-state index in [0.717, 1.165) is 40.0 Å². The smallest absolute Gasteiger partial charge is 0.231 e. The maximum absolute atomic E-state index is 5.87. The molecular weight excluding hydrogens is 356 g/mol. The van der Waals surface area contributed by atoms with E-state index in [1.165, 1.54) is 0 Å². The molecule has 0 saturated carbocycles. The van der Waals surface area contributed by atoms with Crippen LogP contribution in [0.15, 0.2) is 53.1 Å². The summed E-state index contributed by atoms with van der Waals surface area (Å²) in [7, 11) is 0. The monoisotopic (exact) mass is 380 g/mol. The van der Waals surface area contributed by atoms with Crippen molar-refractivity contribution in [1.29, 1.82) is 0 Å². The van der Waals surface area contributed by atoms with Crippen LogP contribution in [0.1, 0.15) is 29.7 Å². The summed E-state index contributed by atoms with van der Waals surface area (Å²) >= 11 is 0. The van der Waals surface area contributed by atoms with Gasteiger partial charge in [-0.1, -0.05) is 6.07 Å². The number of nitrogens with zero attached hydrogens (tertiary/aromatic N) is 2. The molecule has 1 aliphatic rings. The van der Waals surface area contributed by atoms with Gasteiger partial charge >= 0.3 is 0 Å². The SMILES string of the molecule is CCOc1cc2c(cc1CN(Cc1ccccn1)Cc1ccc(C)o1)OCO2. The first kappa shape index (κ1) is 18.4. The van der Waals surface area contributed by atoms with Crippen molar-refractivity contribution >= 4 is 0 Å².